The Morgan fingerprint density at radius 1 is 1.20 bits per heavy atom. The van der Waals surface area contributed by atoms with Gasteiger partial charge in [0.05, 0.1) is 0 Å². The Labute approximate surface area is 97.8 Å². The van der Waals surface area contributed by atoms with Crippen LogP contribution in [0, 0.1) is 0 Å². The predicted octanol–water partition coefficient (Wildman–Crippen LogP) is 3.55. The highest BCUT2D eigenvalue weighted by Crippen LogP contribution is 2.32. The molecule has 0 fully saturated rings. The maximum Gasteiger partial charge on any atom is 0.106 e. The van der Waals surface area contributed by atoms with Crippen LogP contribution in [0.4, 0.5) is 0 Å². The minimum Gasteiger partial charge on any atom is -0.384 e. The molecule has 0 saturated heterocycles. The van der Waals surface area contributed by atoms with Crippen LogP contribution >= 0.6 is 23.1 Å². The van der Waals surface area contributed by atoms with Gasteiger partial charge < -0.3 is 5.11 Å². The molecule has 15 heavy (non-hydrogen) atoms. The number of aliphatic hydroxyl groups is 1. The minimum absolute atomic E-state index is 0.500. The van der Waals surface area contributed by atoms with Crippen molar-refractivity contribution in [2.75, 3.05) is 6.26 Å². The van der Waals surface area contributed by atoms with Gasteiger partial charge in [-0.25, -0.2) is 0 Å². The van der Waals surface area contributed by atoms with Gasteiger partial charge in [-0.3, -0.25) is 0 Å². The van der Waals surface area contributed by atoms with Crippen LogP contribution in [0.5, 0.6) is 0 Å². The van der Waals surface area contributed by atoms with E-state index in [-0.39, 0.29) is 0 Å². The van der Waals surface area contributed by atoms with Crippen LogP contribution in [-0.2, 0) is 0 Å². The van der Waals surface area contributed by atoms with E-state index in [0.29, 0.717) is 0 Å². The quantitative estimate of drug-likeness (QED) is 0.822. The van der Waals surface area contributed by atoms with E-state index in [4.69, 9.17) is 0 Å². The molecule has 2 rings (SSSR count). The van der Waals surface area contributed by atoms with Gasteiger partial charge in [-0.05, 0) is 17.2 Å². The van der Waals surface area contributed by atoms with Gasteiger partial charge >= 0.3 is 0 Å². The molecule has 0 bridgehead atoms. The molecular weight excluding hydrogens is 224 g/mol. The Bertz CT molecular complexity index is 422. The van der Waals surface area contributed by atoms with Crippen molar-refractivity contribution >= 4 is 23.1 Å². The first-order valence-corrected chi connectivity index (χ1v) is 6.82. The molecule has 78 valence electrons. The molecule has 0 aliphatic rings. The standard InChI is InChI=1S/C12H12OS2/c1-14-11-8-15-7-10(11)12(13)9-5-3-2-4-6-9/h2-8,12-13H,1H3. The fourth-order valence-corrected chi connectivity index (χ4v) is 3.24. The molecule has 0 saturated carbocycles. The highest BCUT2D eigenvalue weighted by molar-refractivity contribution is 7.98. The average molecular weight is 236 g/mol. The summed E-state index contributed by atoms with van der Waals surface area (Å²) >= 11 is 3.31. The topological polar surface area (TPSA) is 20.2 Å². The van der Waals surface area contributed by atoms with Crippen molar-refractivity contribution in [3.8, 4) is 0 Å². The first-order valence-electron chi connectivity index (χ1n) is 4.66. The van der Waals surface area contributed by atoms with Crippen molar-refractivity contribution in [1.82, 2.24) is 0 Å². The lowest BCUT2D eigenvalue weighted by Gasteiger charge is -2.10. The molecule has 1 aromatic heterocycles. The summed E-state index contributed by atoms with van der Waals surface area (Å²) in [5, 5.41) is 14.3. The smallest absolute Gasteiger partial charge is 0.106 e. The summed E-state index contributed by atoms with van der Waals surface area (Å²) in [5.74, 6) is 0. The Morgan fingerprint density at radius 3 is 2.60 bits per heavy atom. The van der Waals surface area contributed by atoms with Crippen molar-refractivity contribution in [3.63, 3.8) is 0 Å². The van der Waals surface area contributed by atoms with E-state index in [1.807, 2.05) is 42.0 Å². The Morgan fingerprint density at radius 2 is 1.93 bits per heavy atom. The molecule has 0 amide bonds. The average Bonchev–Trinajstić information content (AvgIpc) is 2.77. The molecule has 0 aliphatic carbocycles. The number of thioether (sulfide) groups is 1. The molecule has 1 aromatic carbocycles. The molecule has 1 nitrogen and oxygen atoms in total. The number of hydrogen-bond acceptors (Lipinski definition) is 3. The zero-order valence-corrected chi connectivity index (χ0v) is 10.0. The fourth-order valence-electron chi connectivity index (χ4n) is 1.48. The van der Waals surface area contributed by atoms with E-state index < -0.39 is 6.10 Å². The van der Waals surface area contributed by atoms with Crippen molar-refractivity contribution in [2.45, 2.75) is 11.0 Å². The van der Waals surface area contributed by atoms with Crippen LogP contribution in [0.15, 0.2) is 46.0 Å². The summed E-state index contributed by atoms with van der Waals surface area (Å²) in [6.07, 6.45) is 1.53. The van der Waals surface area contributed by atoms with Crippen LogP contribution in [0.2, 0.25) is 0 Å². The van der Waals surface area contributed by atoms with Gasteiger partial charge in [0.1, 0.15) is 6.10 Å². The predicted molar refractivity (Wildman–Crippen MR) is 66.6 cm³/mol. The van der Waals surface area contributed by atoms with Crippen molar-refractivity contribution in [2.24, 2.45) is 0 Å². The van der Waals surface area contributed by atoms with Crippen LogP contribution < -0.4 is 0 Å². The molecule has 0 spiro atoms. The largest absolute Gasteiger partial charge is 0.384 e. The second kappa shape index (κ2) is 4.84. The van der Waals surface area contributed by atoms with E-state index >= 15 is 0 Å². The van der Waals surface area contributed by atoms with Gasteiger partial charge in [0.25, 0.3) is 0 Å². The lowest BCUT2D eigenvalue weighted by molar-refractivity contribution is 0.218. The number of hydrogen-bond donors (Lipinski definition) is 1. The van der Waals surface area contributed by atoms with Gasteiger partial charge in [0.15, 0.2) is 0 Å². The molecule has 0 radical (unpaired) electrons. The molecule has 2 aromatic rings. The SMILES string of the molecule is CSc1cscc1C(O)c1ccccc1. The van der Waals surface area contributed by atoms with E-state index in [1.165, 1.54) is 0 Å². The third kappa shape index (κ3) is 2.25. The van der Waals surface area contributed by atoms with Crippen LogP contribution in [-0.4, -0.2) is 11.4 Å². The third-order valence-electron chi connectivity index (χ3n) is 2.28. The van der Waals surface area contributed by atoms with E-state index in [0.717, 1.165) is 16.0 Å². The zero-order chi connectivity index (χ0) is 10.7. The second-order valence-corrected chi connectivity index (χ2v) is 4.80. The molecule has 1 N–H and O–H groups in total. The van der Waals surface area contributed by atoms with Gasteiger partial charge in [0, 0.05) is 15.8 Å². The van der Waals surface area contributed by atoms with E-state index in [2.05, 4.69) is 5.38 Å². The zero-order valence-electron chi connectivity index (χ0n) is 8.38. The van der Waals surface area contributed by atoms with E-state index in [9.17, 15) is 5.11 Å². The summed E-state index contributed by atoms with van der Waals surface area (Å²) in [7, 11) is 0. The van der Waals surface area contributed by atoms with Gasteiger partial charge in [-0.1, -0.05) is 30.3 Å². The van der Waals surface area contributed by atoms with Crippen LogP contribution in [0.25, 0.3) is 0 Å². The molecule has 1 atom stereocenters. The molecule has 1 unspecified atom stereocenters. The summed E-state index contributed by atoms with van der Waals surface area (Å²) in [6, 6.07) is 9.76. The first kappa shape index (κ1) is 10.7. The van der Waals surface area contributed by atoms with Crippen molar-refractivity contribution in [1.29, 1.82) is 0 Å². The van der Waals surface area contributed by atoms with Gasteiger partial charge in [0.2, 0.25) is 0 Å². The first-order chi connectivity index (χ1) is 7.33. The monoisotopic (exact) mass is 236 g/mol. The second-order valence-electron chi connectivity index (χ2n) is 3.21. The van der Waals surface area contributed by atoms with Crippen LogP contribution in [0.3, 0.4) is 0 Å². The lowest BCUT2D eigenvalue weighted by atomic mass is 10.0. The Kier molecular flexibility index (Phi) is 3.46. The number of rotatable bonds is 3. The fraction of sp³-hybridized carbons (Fsp3) is 0.167. The molecule has 1 heterocycles. The molecule has 0 aliphatic heterocycles. The summed E-state index contributed by atoms with van der Waals surface area (Å²) in [4.78, 5) is 1.16. The number of benzene rings is 1. The molecule has 3 heteroatoms. The van der Waals surface area contributed by atoms with E-state index in [1.54, 1.807) is 23.1 Å². The normalized spacial score (nSPS) is 12.7. The van der Waals surface area contributed by atoms with Crippen molar-refractivity contribution < 1.29 is 5.11 Å². The number of thiophene rings is 1. The highest BCUT2D eigenvalue weighted by Gasteiger charge is 2.14. The van der Waals surface area contributed by atoms with Crippen LogP contribution in [0.1, 0.15) is 17.2 Å². The Hall–Kier alpha value is -0.770. The third-order valence-corrected chi connectivity index (χ3v) is 3.99. The molecular formula is C12H12OS2. The maximum absolute atomic E-state index is 10.2. The van der Waals surface area contributed by atoms with Gasteiger partial charge in [-0.2, -0.15) is 11.3 Å². The number of aliphatic hydroxyl groups excluding tert-OH is 1. The summed E-state index contributed by atoms with van der Waals surface area (Å²) in [5.41, 5.74) is 1.96. The van der Waals surface area contributed by atoms with Gasteiger partial charge in [-0.15, -0.1) is 11.8 Å². The van der Waals surface area contributed by atoms with Crippen molar-refractivity contribution in [3.05, 3.63) is 52.2 Å². The summed E-state index contributed by atoms with van der Waals surface area (Å²) in [6.45, 7) is 0. The lowest BCUT2D eigenvalue weighted by Crippen LogP contribution is -1.98. The minimum atomic E-state index is -0.500. The summed E-state index contributed by atoms with van der Waals surface area (Å²) < 4.78 is 0. The highest BCUT2D eigenvalue weighted by atomic mass is 32.2. The Balaban J connectivity index is 2.32. The maximum atomic E-state index is 10.2.